The Labute approximate surface area is 447 Å². The summed E-state index contributed by atoms with van der Waals surface area (Å²) < 4.78 is 28.2. The Balaban J connectivity index is 0.724. The lowest BCUT2D eigenvalue weighted by Gasteiger charge is -2.37. The van der Waals surface area contributed by atoms with Crippen LogP contribution in [0, 0.1) is 18.7 Å². The number of nitrogens with zero attached hydrogens (tertiary/aromatic N) is 3. The Morgan fingerprint density at radius 1 is 0.910 bits per heavy atom. The summed E-state index contributed by atoms with van der Waals surface area (Å²) in [6.45, 7) is 2.15. The number of aliphatic hydroxyl groups is 3. The molecule has 0 bridgehead atoms. The van der Waals surface area contributed by atoms with E-state index >= 15 is 4.39 Å². The van der Waals surface area contributed by atoms with Gasteiger partial charge in [-0.15, -0.1) is 0 Å². The fourth-order valence-corrected chi connectivity index (χ4v) is 10.9. The van der Waals surface area contributed by atoms with Gasteiger partial charge < -0.3 is 66.2 Å². The standard InChI is InChI=1S/C55H64FN9O13/c1-3-55(76)36-21-41-50-34(26-65(41)53(74)35(36)27-77-54(55)75)49-38(14-13-33-29(2)37(56)22-39(62-50)48(33)49)63-51(72)31-19-32(20-31)78-28-60-44(68)24-59-52(73)40(18-30-10-6-4-7-11-30)61-45(69)25-58-43(67)23-57-42(66)12-8-5-9-17-64-46(70)15-16-47(64)71/h4,6-7,10-11,15-16,21-22,31-32,38,40,46,54,70,75-76H,3,5,8-9,12-14,17-20,23-28H2,1-2H3,(H,57,66)(H,58,67)(H,59,73)(H,60,68)(H,61,69)(H,63,72)/t31?,32?,38-,40-,46?,54?,55-/m0/s1. The molecule has 0 saturated heterocycles. The number of carbonyl (C=O) groups is 7. The third kappa shape index (κ3) is 11.7. The summed E-state index contributed by atoms with van der Waals surface area (Å²) >= 11 is 0. The van der Waals surface area contributed by atoms with Gasteiger partial charge in [0.25, 0.3) is 5.56 Å². The summed E-state index contributed by atoms with van der Waals surface area (Å²) in [4.78, 5) is 110. The molecule has 2 unspecified atom stereocenters. The molecule has 23 heteroatoms. The first-order valence-electron chi connectivity index (χ1n) is 26.4. The normalized spacial score (nSPS) is 21.9. The Morgan fingerprint density at radius 2 is 1.64 bits per heavy atom. The number of ether oxygens (including phenoxy) is 2. The molecule has 1 saturated carbocycles. The molecule has 4 aromatic rings. The highest BCUT2D eigenvalue weighted by atomic mass is 19.1. The van der Waals surface area contributed by atoms with Crippen LogP contribution in [0.25, 0.3) is 22.3 Å². The molecule has 2 aliphatic carbocycles. The minimum atomic E-state index is -1.84. The zero-order valence-corrected chi connectivity index (χ0v) is 43.3. The minimum Gasteiger partial charge on any atom is -0.380 e. The van der Waals surface area contributed by atoms with Crippen LogP contribution in [0.3, 0.4) is 0 Å². The van der Waals surface area contributed by atoms with Crippen LogP contribution in [0.1, 0.15) is 103 Å². The fraction of sp³-hybridized carbons (Fsp3) is 0.473. The van der Waals surface area contributed by atoms with E-state index in [1.54, 1.807) is 54.8 Å². The van der Waals surface area contributed by atoms with E-state index in [9.17, 15) is 53.7 Å². The molecule has 2 aromatic carbocycles. The summed E-state index contributed by atoms with van der Waals surface area (Å²) in [5.74, 6) is -4.24. The Bertz CT molecular complexity index is 3130. The first-order chi connectivity index (χ1) is 37.4. The van der Waals surface area contributed by atoms with Gasteiger partial charge in [0, 0.05) is 59.5 Å². The molecule has 3 aliphatic heterocycles. The predicted octanol–water partition coefficient (Wildman–Crippen LogP) is 0.645. The van der Waals surface area contributed by atoms with E-state index in [4.69, 9.17) is 14.5 Å². The van der Waals surface area contributed by atoms with Gasteiger partial charge in [-0.2, -0.15) is 0 Å². The van der Waals surface area contributed by atoms with Crippen molar-refractivity contribution < 1.29 is 62.7 Å². The number of rotatable bonds is 22. The Kier molecular flexibility index (Phi) is 16.8. The number of aryl methyl sites for hydroxylation is 1. The van der Waals surface area contributed by atoms with E-state index in [2.05, 4.69) is 31.9 Å². The topological polar surface area (TPSA) is 309 Å². The van der Waals surface area contributed by atoms with Crippen LogP contribution in [0.15, 0.2) is 59.4 Å². The molecule has 78 heavy (non-hydrogen) atoms. The van der Waals surface area contributed by atoms with Crippen LogP contribution in [-0.2, 0) is 74.6 Å². The molecule has 0 radical (unpaired) electrons. The number of hydrogen-bond donors (Lipinski definition) is 9. The van der Waals surface area contributed by atoms with Crippen molar-refractivity contribution in [3.05, 3.63) is 110 Å². The highest BCUT2D eigenvalue weighted by Gasteiger charge is 2.45. The number of aromatic nitrogens is 2. The molecule has 2 aromatic heterocycles. The molecular weight excluding hydrogens is 1010 g/mol. The van der Waals surface area contributed by atoms with Gasteiger partial charge in [0.05, 0.1) is 61.8 Å². The zero-order chi connectivity index (χ0) is 55.4. The van der Waals surface area contributed by atoms with Crippen LogP contribution < -0.4 is 37.5 Å². The molecule has 0 spiro atoms. The van der Waals surface area contributed by atoms with Crippen LogP contribution in [0.5, 0.6) is 0 Å². The lowest BCUT2D eigenvalue weighted by Crippen LogP contribution is -2.52. The zero-order valence-electron chi connectivity index (χ0n) is 43.3. The summed E-state index contributed by atoms with van der Waals surface area (Å²) in [5, 5.41) is 48.5. The van der Waals surface area contributed by atoms with Gasteiger partial charge in [-0.05, 0) is 86.3 Å². The van der Waals surface area contributed by atoms with E-state index < -0.39 is 84.2 Å². The van der Waals surface area contributed by atoms with Gasteiger partial charge >= 0.3 is 0 Å². The van der Waals surface area contributed by atoms with Crippen molar-refractivity contribution in [1.82, 2.24) is 46.4 Å². The number of pyridine rings is 2. The second-order valence-corrected chi connectivity index (χ2v) is 20.5. The lowest BCUT2D eigenvalue weighted by atomic mass is 9.79. The van der Waals surface area contributed by atoms with Gasteiger partial charge in [0.1, 0.15) is 30.4 Å². The molecule has 9 rings (SSSR count). The van der Waals surface area contributed by atoms with Gasteiger partial charge in [0.15, 0.2) is 6.29 Å². The Morgan fingerprint density at radius 3 is 2.38 bits per heavy atom. The molecule has 5 heterocycles. The monoisotopic (exact) mass is 1080 g/mol. The average Bonchev–Trinajstić information content (AvgIpc) is 4.15. The average molecular weight is 1080 g/mol. The third-order valence-electron chi connectivity index (χ3n) is 15.5. The maximum atomic E-state index is 15.4. The van der Waals surface area contributed by atoms with Crippen molar-refractivity contribution in [3.8, 4) is 11.4 Å². The number of carbonyl (C=O) groups excluding carboxylic acids is 7. The van der Waals surface area contributed by atoms with Gasteiger partial charge in [-0.25, -0.2) is 9.37 Å². The van der Waals surface area contributed by atoms with Crippen LogP contribution in [-0.4, -0.2) is 129 Å². The number of halogens is 1. The number of hydrogen-bond acceptors (Lipinski definition) is 14. The molecule has 9 N–H and O–H groups in total. The number of nitrogens with one attached hydrogen (secondary N) is 6. The SMILES string of the molecule is CC[C@]1(O)c2cc3n(c(=O)c2COC1O)Cc1c-3nc2cc(F)c(C)c3c2c1[C@@H](NC(=O)C1CC(OCNC(=O)CNC(=O)[C@H](Cc2ccccc2)NC(=O)CNC(=O)CNC(=O)CCCCCN2C(=O)C=CC2O)C1)CC3. The van der Waals surface area contributed by atoms with Crippen molar-refractivity contribution >= 4 is 52.3 Å². The second-order valence-electron chi connectivity index (χ2n) is 20.5. The quantitative estimate of drug-likeness (QED) is 0.0340. The lowest BCUT2D eigenvalue weighted by molar-refractivity contribution is -0.236. The number of aliphatic hydroxyl groups excluding tert-OH is 2. The van der Waals surface area contributed by atoms with Crippen molar-refractivity contribution in [2.75, 3.05) is 32.9 Å². The number of fused-ring (bicyclic) bond motifs is 5. The molecule has 1 fully saturated rings. The maximum absolute atomic E-state index is 15.4. The summed E-state index contributed by atoms with van der Waals surface area (Å²) in [6.07, 6.45) is 3.52. The minimum absolute atomic E-state index is 0.0692. The molecule has 5 aliphatic rings. The van der Waals surface area contributed by atoms with E-state index in [0.29, 0.717) is 79.5 Å². The van der Waals surface area contributed by atoms with Crippen LogP contribution >= 0.6 is 0 Å². The maximum Gasteiger partial charge on any atom is 0.257 e. The second kappa shape index (κ2) is 23.7. The first kappa shape index (κ1) is 55.3. The highest BCUT2D eigenvalue weighted by molar-refractivity contribution is 5.95. The van der Waals surface area contributed by atoms with Crippen LogP contribution in [0.4, 0.5) is 4.39 Å². The first-order valence-corrected chi connectivity index (χ1v) is 26.4. The van der Waals surface area contributed by atoms with E-state index in [1.807, 2.05) is 0 Å². The van der Waals surface area contributed by atoms with Crippen molar-refractivity contribution in [1.29, 1.82) is 0 Å². The number of benzene rings is 2. The molecular formula is C55H64FN9O13. The molecule has 7 amide bonds. The van der Waals surface area contributed by atoms with Gasteiger partial charge in [-0.3, -0.25) is 38.4 Å². The fourth-order valence-electron chi connectivity index (χ4n) is 10.9. The van der Waals surface area contributed by atoms with Crippen LogP contribution in [0.2, 0.25) is 0 Å². The number of amides is 7. The molecule has 22 nitrogen and oxygen atoms in total. The largest absolute Gasteiger partial charge is 0.380 e. The van der Waals surface area contributed by atoms with E-state index in [-0.39, 0.29) is 80.6 Å². The van der Waals surface area contributed by atoms with E-state index in [0.717, 1.165) is 22.1 Å². The smallest absolute Gasteiger partial charge is 0.257 e. The summed E-state index contributed by atoms with van der Waals surface area (Å²) in [7, 11) is 0. The van der Waals surface area contributed by atoms with Crippen molar-refractivity contribution in [3.63, 3.8) is 0 Å². The number of unbranched alkanes of at least 4 members (excludes halogenated alkanes) is 2. The third-order valence-corrected chi connectivity index (χ3v) is 15.5. The van der Waals surface area contributed by atoms with Gasteiger partial charge in [0.2, 0.25) is 41.4 Å². The summed E-state index contributed by atoms with van der Waals surface area (Å²) in [6, 6.07) is 10.3. The van der Waals surface area contributed by atoms with Gasteiger partial charge in [-0.1, -0.05) is 43.7 Å². The van der Waals surface area contributed by atoms with E-state index in [1.165, 1.54) is 23.1 Å². The molecule has 414 valence electrons. The highest BCUT2D eigenvalue weighted by Crippen LogP contribution is 2.46. The molecule has 5 atom stereocenters. The van der Waals surface area contributed by atoms with Crippen molar-refractivity contribution in [2.24, 2.45) is 5.92 Å². The Hall–Kier alpha value is -7.44. The predicted molar refractivity (Wildman–Crippen MR) is 276 cm³/mol. The van der Waals surface area contributed by atoms with Crippen molar-refractivity contribution in [2.45, 2.75) is 128 Å². The summed E-state index contributed by atoms with van der Waals surface area (Å²) in [5.41, 5.74) is 2.92.